The molecule has 2 aromatic carbocycles. The zero-order chi connectivity index (χ0) is 27.6. The van der Waals surface area contributed by atoms with Crippen LogP contribution in [0.15, 0.2) is 59.7 Å². The van der Waals surface area contributed by atoms with Gasteiger partial charge in [-0.05, 0) is 47.9 Å². The molecule has 0 spiro atoms. The first-order chi connectivity index (χ1) is 18.7. The third kappa shape index (κ3) is 5.52. The molecule has 0 aliphatic carbocycles. The van der Waals surface area contributed by atoms with Gasteiger partial charge in [0.15, 0.2) is 5.75 Å². The van der Waals surface area contributed by atoms with E-state index in [1.807, 2.05) is 24.3 Å². The summed E-state index contributed by atoms with van der Waals surface area (Å²) in [7, 11) is 1.60. The predicted molar refractivity (Wildman–Crippen MR) is 132 cm³/mol. The second-order valence-electron chi connectivity index (χ2n) is 8.57. The molecule has 0 saturated carbocycles. The monoisotopic (exact) mass is 535 g/mol. The second-order valence-corrected chi connectivity index (χ2v) is 8.57. The van der Waals surface area contributed by atoms with Crippen LogP contribution in [0.3, 0.4) is 0 Å². The molecular weight excluding hydrogens is 515 g/mol. The number of hydrogen-bond donors (Lipinski definition) is 0. The molecule has 3 heterocycles. The van der Waals surface area contributed by atoms with E-state index >= 15 is 0 Å². The minimum Gasteiger partial charge on any atom is -0.497 e. The van der Waals surface area contributed by atoms with Crippen molar-refractivity contribution in [3.8, 4) is 40.5 Å². The maximum absolute atomic E-state index is 12.7. The van der Waals surface area contributed by atoms with Gasteiger partial charge in [-0.2, -0.15) is 23.4 Å². The van der Waals surface area contributed by atoms with Crippen LogP contribution in [-0.2, 0) is 25.6 Å². The average molecular weight is 535 g/mol. The summed E-state index contributed by atoms with van der Waals surface area (Å²) in [4.78, 5) is 23.2. The smallest absolute Gasteiger partial charge is 0.451 e. The molecular formula is C27H20F3N5O4. The number of nitriles is 1. The van der Waals surface area contributed by atoms with Crippen molar-refractivity contribution in [1.82, 2.24) is 19.5 Å². The van der Waals surface area contributed by atoms with E-state index in [1.165, 1.54) is 6.07 Å². The standard InChI is InChI=1S/C27H20F3N5O4/c1-37-19-3-4-21-17(11-19)6-8-35-22(21)12-24(34-26(35)36)38-9-7-16-2-5-23(18(10-16)13-31)39-20-14-32-25(33-15-20)27(28,29)30/h2-5,10-12,14-15H,6-9H2,1H3. The van der Waals surface area contributed by atoms with Gasteiger partial charge in [-0.25, -0.2) is 14.8 Å². The fourth-order valence-electron chi connectivity index (χ4n) is 4.21. The summed E-state index contributed by atoms with van der Waals surface area (Å²) in [5.74, 6) is -0.245. The van der Waals surface area contributed by atoms with Gasteiger partial charge < -0.3 is 14.2 Å². The van der Waals surface area contributed by atoms with E-state index in [4.69, 9.17) is 14.2 Å². The molecule has 0 unspecified atom stereocenters. The predicted octanol–water partition coefficient (Wildman–Crippen LogP) is 4.57. The summed E-state index contributed by atoms with van der Waals surface area (Å²) in [5, 5.41) is 9.54. The number of aromatic nitrogens is 4. The number of halogens is 3. The summed E-state index contributed by atoms with van der Waals surface area (Å²) in [5.41, 5.74) is 3.22. The molecule has 2 aromatic heterocycles. The van der Waals surface area contributed by atoms with Crippen molar-refractivity contribution in [3.05, 3.63) is 87.9 Å². The molecule has 0 N–H and O–H groups in total. The Morgan fingerprint density at radius 1 is 1.08 bits per heavy atom. The van der Waals surface area contributed by atoms with E-state index in [0.29, 0.717) is 19.4 Å². The number of nitrogens with zero attached hydrogens (tertiary/aromatic N) is 5. The fourth-order valence-corrected chi connectivity index (χ4v) is 4.21. The minimum absolute atomic E-state index is 0.0413. The number of rotatable bonds is 7. The van der Waals surface area contributed by atoms with Crippen molar-refractivity contribution in [2.24, 2.45) is 0 Å². The molecule has 4 aromatic rings. The van der Waals surface area contributed by atoms with Gasteiger partial charge in [-0.3, -0.25) is 4.57 Å². The molecule has 9 nitrogen and oxygen atoms in total. The van der Waals surface area contributed by atoms with E-state index in [2.05, 4.69) is 15.0 Å². The number of benzene rings is 2. The van der Waals surface area contributed by atoms with Gasteiger partial charge in [0, 0.05) is 24.6 Å². The van der Waals surface area contributed by atoms with Gasteiger partial charge in [0.1, 0.15) is 17.6 Å². The molecule has 5 rings (SSSR count). The Kier molecular flexibility index (Phi) is 6.89. The van der Waals surface area contributed by atoms with Crippen LogP contribution in [0.25, 0.3) is 11.3 Å². The lowest BCUT2D eigenvalue weighted by atomic mass is 9.97. The van der Waals surface area contributed by atoms with Crippen LogP contribution in [0.4, 0.5) is 13.2 Å². The molecule has 1 aliphatic heterocycles. The van der Waals surface area contributed by atoms with Crippen molar-refractivity contribution in [1.29, 1.82) is 5.26 Å². The van der Waals surface area contributed by atoms with Crippen LogP contribution in [0.5, 0.6) is 23.1 Å². The van der Waals surface area contributed by atoms with Crippen LogP contribution < -0.4 is 19.9 Å². The number of hydrogen-bond acceptors (Lipinski definition) is 8. The lowest BCUT2D eigenvalue weighted by Gasteiger charge is -2.22. The maximum Gasteiger partial charge on any atom is 0.451 e. The minimum atomic E-state index is -4.67. The third-order valence-corrected chi connectivity index (χ3v) is 6.10. The van der Waals surface area contributed by atoms with Crippen molar-refractivity contribution >= 4 is 0 Å². The largest absolute Gasteiger partial charge is 0.497 e. The molecule has 0 bridgehead atoms. The normalized spacial score (nSPS) is 12.2. The van der Waals surface area contributed by atoms with Crippen molar-refractivity contribution in [2.75, 3.05) is 13.7 Å². The van der Waals surface area contributed by atoms with Gasteiger partial charge in [0.25, 0.3) is 0 Å². The Morgan fingerprint density at radius 2 is 1.87 bits per heavy atom. The fraction of sp³-hybridized carbons (Fsp3) is 0.222. The second kappa shape index (κ2) is 10.4. The highest BCUT2D eigenvalue weighted by molar-refractivity contribution is 5.67. The first-order valence-corrected chi connectivity index (χ1v) is 11.8. The zero-order valence-corrected chi connectivity index (χ0v) is 20.5. The number of alkyl halides is 3. The van der Waals surface area contributed by atoms with Crippen LogP contribution in [0.2, 0.25) is 0 Å². The van der Waals surface area contributed by atoms with Crippen molar-refractivity contribution < 1.29 is 27.4 Å². The van der Waals surface area contributed by atoms with Crippen molar-refractivity contribution in [2.45, 2.75) is 25.6 Å². The van der Waals surface area contributed by atoms with Gasteiger partial charge >= 0.3 is 11.9 Å². The van der Waals surface area contributed by atoms with Crippen LogP contribution >= 0.6 is 0 Å². The van der Waals surface area contributed by atoms with E-state index in [1.54, 1.807) is 29.9 Å². The lowest BCUT2D eigenvalue weighted by molar-refractivity contribution is -0.145. The molecule has 0 fully saturated rings. The lowest BCUT2D eigenvalue weighted by Crippen LogP contribution is -2.28. The van der Waals surface area contributed by atoms with Gasteiger partial charge in [-0.1, -0.05) is 6.07 Å². The SMILES string of the molecule is COc1ccc2c(c1)CCn1c-2cc(OCCc2ccc(Oc3cnc(C(F)(F)F)nc3)c(C#N)c2)nc1=O. The zero-order valence-electron chi connectivity index (χ0n) is 20.5. The van der Waals surface area contributed by atoms with Gasteiger partial charge in [0.2, 0.25) is 11.7 Å². The molecule has 198 valence electrons. The Balaban J connectivity index is 1.27. The summed E-state index contributed by atoms with van der Waals surface area (Å²) in [6.45, 7) is 0.689. The molecule has 39 heavy (non-hydrogen) atoms. The van der Waals surface area contributed by atoms with E-state index in [-0.39, 0.29) is 29.5 Å². The van der Waals surface area contributed by atoms with E-state index in [0.717, 1.165) is 40.5 Å². The van der Waals surface area contributed by atoms with E-state index in [9.17, 15) is 23.2 Å². The third-order valence-electron chi connectivity index (χ3n) is 6.10. The quantitative estimate of drug-likeness (QED) is 0.338. The van der Waals surface area contributed by atoms with Crippen molar-refractivity contribution in [3.63, 3.8) is 0 Å². The topological polar surface area (TPSA) is 112 Å². The first-order valence-electron chi connectivity index (χ1n) is 11.8. The first kappa shape index (κ1) is 25.7. The highest BCUT2D eigenvalue weighted by Gasteiger charge is 2.34. The van der Waals surface area contributed by atoms with Crippen LogP contribution in [-0.4, -0.2) is 33.2 Å². The summed E-state index contributed by atoms with van der Waals surface area (Å²) in [6, 6.07) is 14.3. The van der Waals surface area contributed by atoms with Crippen LogP contribution in [0.1, 0.15) is 22.5 Å². The van der Waals surface area contributed by atoms with Gasteiger partial charge in [-0.15, -0.1) is 0 Å². The Bertz CT molecular complexity index is 1630. The Morgan fingerprint density at radius 3 is 2.59 bits per heavy atom. The number of methoxy groups -OCH3 is 1. The van der Waals surface area contributed by atoms with Gasteiger partial charge in [0.05, 0.1) is 37.4 Å². The summed E-state index contributed by atoms with van der Waals surface area (Å²) >= 11 is 0. The Labute approximate surface area is 220 Å². The molecule has 0 radical (unpaired) electrons. The highest BCUT2D eigenvalue weighted by Crippen LogP contribution is 2.32. The molecule has 0 amide bonds. The number of aryl methyl sites for hydroxylation is 1. The Hall–Kier alpha value is -4.92. The molecule has 12 heteroatoms. The maximum atomic E-state index is 12.7. The summed E-state index contributed by atoms with van der Waals surface area (Å²) < 4.78 is 56.2. The molecule has 0 atom stereocenters. The summed E-state index contributed by atoms with van der Waals surface area (Å²) in [6.07, 6.45) is -1.80. The number of ether oxygens (including phenoxy) is 3. The highest BCUT2D eigenvalue weighted by atomic mass is 19.4. The van der Waals surface area contributed by atoms with Crippen LogP contribution in [0, 0.1) is 11.3 Å². The molecule has 0 saturated heterocycles. The average Bonchev–Trinajstić information content (AvgIpc) is 2.93. The number of fused-ring (bicyclic) bond motifs is 3. The molecule has 1 aliphatic rings. The van der Waals surface area contributed by atoms with E-state index < -0.39 is 17.7 Å².